The third-order valence-corrected chi connectivity index (χ3v) is 7.73. The Balaban J connectivity index is 1.69. The van der Waals surface area contributed by atoms with E-state index in [-0.39, 0.29) is 29.9 Å². The minimum absolute atomic E-state index is 0.0502. The average Bonchev–Trinajstić information content (AvgIpc) is 2.36. The summed E-state index contributed by atoms with van der Waals surface area (Å²) >= 11 is 3.83. The van der Waals surface area contributed by atoms with Gasteiger partial charge in [0.25, 0.3) is 0 Å². The molecule has 2 saturated heterocycles. The third-order valence-electron chi connectivity index (χ3n) is 3.14. The van der Waals surface area contributed by atoms with E-state index < -0.39 is 9.84 Å². The molecule has 2 heterocycles. The fourth-order valence-corrected chi connectivity index (χ4v) is 6.23. The van der Waals surface area contributed by atoms with Crippen molar-refractivity contribution in [2.75, 3.05) is 41.9 Å². The number of carbonyl (C=O) groups is 1. The number of hydrogen-bond acceptors (Lipinski definition) is 6. The first kappa shape index (κ1) is 15.5. The molecule has 0 aromatic heterocycles. The third kappa shape index (κ3) is 5.53. The van der Waals surface area contributed by atoms with Crippen molar-refractivity contribution in [1.29, 1.82) is 0 Å². The molecule has 8 heteroatoms. The van der Waals surface area contributed by atoms with Gasteiger partial charge in [0.2, 0.25) is 5.91 Å². The highest BCUT2D eigenvalue weighted by atomic mass is 32.2. The average molecular weight is 324 g/mol. The molecule has 2 aliphatic heterocycles. The first-order valence-electron chi connectivity index (χ1n) is 6.45. The van der Waals surface area contributed by atoms with Crippen molar-refractivity contribution in [3.63, 3.8) is 0 Å². The summed E-state index contributed by atoms with van der Waals surface area (Å²) in [6.45, 7) is 1.14. The molecule has 0 bridgehead atoms. The molecule has 2 unspecified atom stereocenters. The van der Waals surface area contributed by atoms with Crippen molar-refractivity contribution in [2.24, 2.45) is 0 Å². The zero-order valence-corrected chi connectivity index (χ0v) is 13.2. The highest BCUT2D eigenvalue weighted by Crippen LogP contribution is 2.23. The Morgan fingerprint density at radius 1 is 1.37 bits per heavy atom. The lowest BCUT2D eigenvalue weighted by Gasteiger charge is -2.24. The highest BCUT2D eigenvalue weighted by Gasteiger charge is 2.26. The Morgan fingerprint density at radius 2 is 2.21 bits per heavy atom. The molecular weight excluding hydrogens is 304 g/mol. The lowest BCUT2D eigenvalue weighted by Crippen LogP contribution is -2.47. The van der Waals surface area contributed by atoms with E-state index in [9.17, 15) is 13.2 Å². The quantitative estimate of drug-likeness (QED) is 0.741. The smallest absolute Gasteiger partial charge is 0.221 e. The molecule has 0 spiro atoms. The van der Waals surface area contributed by atoms with Crippen molar-refractivity contribution in [3.05, 3.63) is 0 Å². The summed E-state index contributed by atoms with van der Waals surface area (Å²) in [5, 5.41) is 6.50. The Hall–Kier alpha value is 0.0800. The number of rotatable bonds is 4. The van der Waals surface area contributed by atoms with Crippen LogP contribution in [0.5, 0.6) is 0 Å². The number of carbonyl (C=O) groups excluding carboxylic acids is 1. The van der Waals surface area contributed by atoms with Gasteiger partial charge >= 0.3 is 0 Å². The molecule has 0 aromatic carbocycles. The van der Waals surface area contributed by atoms with E-state index in [1.54, 1.807) is 0 Å². The topological polar surface area (TPSA) is 75.3 Å². The first-order chi connectivity index (χ1) is 9.05. The van der Waals surface area contributed by atoms with Gasteiger partial charge in [0, 0.05) is 48.1 Å². The molecule has 0 aliphatic carbocycles. The molecule has 0 radical (unpaired) electrons. The summed E-state index contributed by atoms with van der Waals surface area (Å²) in [5.74, 6) is 3.63. The lowest BCUT2D eigenvalue weighted by molar-refractivity contribution is -0.121. The van der Waals surface area contributed by atoms with Crippen LogP contribution >= 0.6 is 23.5 Å². The molecule has 0 aromatic rings. The number of sulfone groups is 1. The van der Waals surface area contributed by atoms with E-state index in [1.165, 1.54) is 5.75 Å². The molecule has 1 amide bonds. The summed E-state index contributed by atoms with van der Waals surface area (Å²) in [6, 6.07) is -0.230. The van der Waals surface area contributed by atoms with Crippen LogP contribution in [0.4, 0.5) is 0 Å². The monoisotopic (exact) mass is 324 g/mol. The molecular formula is C11H20N2O3S3. The zero-order valence-electron chi connectivity index (χ0n) is 10.8. The Bertz CT molecular complexity index is 407. The maximum absolute atomic E-state index is 11.8. The van der Waals surface area contributed by atoms with Crippen LogP contribution in [0.3, 0.4) is 0 Å². The van der Waals surface area contributed by atoms with E-state index in [4.69, 9.17) is 0 Å². The largest absolute Gasteiger partial charge is 0.355 e. The van der Waals surface area contributed by atoms with Crippen LogP contribution in [-0.4, -0.2) is 67.5 Å². The van der Waals surface area contributed by atoms with Gasteiger partial charge in [-0.05, 0) is 0 Å². The molecule has 110 valence electrons. The lowest BCUT2D eigenvalue weighted by atomic mass is 10.2. The Morgan fingerprint density at radius 3 is 2.89 bits per heavy atom. The normalized spacial score (nSPS) is 30.7. The summed E-state index contributed by atoms with van der Waals surface area (Å²) in [5.41, 5.74) is 0. The van der Waals surface area contributed by atoms with E-state index in [1.807, 2.05) is 23.5 Å². The van der Waals surface area contributed by atoms with Crippen LogP contribution in [0.2, 0.25) is 0 Å². The SMILES string of the molecule is O=C(CC1CS(=O)(=O)CCN1)NCC1CSCCS1. The van der Waals surface area contributed by atoms with Crippen molar-refractivity contribution < 1.29 is 13.2 Å². The van der Waals surface area contributed by atoms with Crippen LogP contribution in [0.15, 0.2) is 0 Å². The second kappa shape index (κ2) is 7.19. The number of hydrogen-bond donors (Lipinski definition) is 2. The van der Waals surface area contributed by atoms with Gasteiger partial charge in [-0.25, -0.2) is 8.42 Å². The minimum atomic E-state index is -2.96. The molecule has 5 nitrogen and oxygen atoms in total. The maximum atomic E-state index is 11.8. The summed E-state index contributed by atoms with van der Waals surface area (Å²) in [6.07, 6.45) is 0.254. The molecule has 2 fully saturated rings. The van der Waals surface area contributed by atoms with Gasteiger partial charge in [-0.2, -0.15) is 23.5 Å². The van der Waals surface area contributed by atoms with E-state index >= 15 is 0 Å². The molecule has 19 heavy (non-hydrogen) atoms. The van der Waals surface area contributed by atoms with Gasteiger partial charge in [-0.3, -0.25) is 4.79 Å². The van der Waals surface area contributed by atoms with Crippen LogP contribution in [0, 0.1) is 0 Å². The highest BCUT2D eigenvalue weighted by molar-refractivity contribution is 8.06. The summed E-state index contributed by atoms with van der Waals surface area (Å²) in [7, 11) is -2.96. The summed E-state index contributed by atoms with van der Waals surface area (Å²) < 4.78 is 22.9. The van der Waals surface area contributed by atoms with Gasteiger partial charge < -0.3 is 10.6 Å². The van der Waals surface area contributed by atoms with Crippen molar-refractivity contribution >= 4 is 39.3 Å². The predicted molar refractivity (Wildman–Crippen MR) is 81.6 cm³/mol. The molecule has 2 rings (SSSR count). The maximum Gasteiger partial charge on any atom is 0.221 e. The Kier molecular flexibility index (Phi) is 5.86. The van der Waals surface area contributed by atoms with Crippen molar-refractivity contribution in [2.45, 2.75) is 17.7 Å². The number of amides is 1. The number of thioether (sulfide) groups is 2. The van der Waals surface area contributed by atoms with Crippen LogP contribution in [-0.2, 0) is 14.6 Å². The van der Waals surface area contributed by atoms with Gasteiger partial charge in [0.15, 0.2) is 9.84 Å². The molecule has 2 atom stereocenters. The fourth-order valence-electron chi connectivity index (χ4n) is 2.18. The standard InChI is InChI=1S/C11H20N2O3S3/c14-11(13-6-10-7-17-2-3-18-10)5-9-8-19(15,16)4-1-12-9/h9-10,12H,1-8H2,(H,13,14). The second-order valence-electron chi connectivity index (χ2n) is 4.84. The van der Waals surface area contributed by atoms with E-state index in [2.05, 4.69) is 10.6 Å². The van der Waals surface area contributed by atoms with Crippen LogP contribution < -0.4 is 10.6 Å². The van der Waals surface area contributed by atoms with Crippen LogP contribution in [0.25, 0.3) is 0 Å². The van der Waals surface area contributed by atoms with Gasteiger partial charge in [-0.1, -0.05) is 0 Å². The van der Waals surface area contributed by atoms with E-state index in [0.29, 0.717) is 18.3 Å². The predicted octanol–water partition coefficient (Wildman–Crippen LogP) is -0.272. The first-order valence-corrected chi connectivity index (χ1v) is 10.5. The van der Waals surface area contributed by atoms with Crippen molar-refractivity contribution in [3.8, 4) is 0 Å². The van der Waals surface area contributed by atoms with Crippen LogP contribution in [0.1, 0.15) is 6.42 Å². The molecule has 0 saturated carbocycles. The Labute approximate surface area is 123 Å². The molecule has 2 N–H and O–H groups in total. The van der Waals surface area contributed by atoms with Gasteiger partial charge in [0.05, 0.1) is 11.5 Å². The number of nitrogens with one attached hydrogen (secondary N) is 2. The molecule has 2 aliphatic rings. The van der Waals surface area contributed by atoms with Gasteiger partial charge in [0.1, 0.15) is 0 Å². The minimum Gasteiger partial charge on any atom is -0.355 e. The van der Waals surface area contributed by atoms with Crippen molar-refractivity contribution in [1.82, 2.24) is 10.6 Å². The van der Waals surface area contributed by atoms with Gasteiger partial charge in [-0.15, -0.1) is 0 Å². The van der Waals surface area contributed by atoms with E-state index in [0.717, 1.165) is 11.5 Å². The zero-order chi connectivity index (χ0) is 13.7. The second-order valence-corrected chi connectivity index (χ2v) is 9.63. The fraction of sp³-hybridized carbons (Fsp3) is 0.909. The summed E-state index contributed by atoms with van der Waals surface area (Å²) in [4.78, 5) is 11.8.